The smallest absolute Gasteiger partial charge is 0.227 e. The van der Waals surface area contributed by atoms with Gasteiger partial charge in [0.05, 0.1) is 6.33 Å². The number of aromatic nitrogens is 4. The molecule has 0 radical (unpaired) electrons. The van der Waals surface area contributed by atoms with Crippen molar-refractivity contribution in [3.63, 3.8) is 0 Å². The molecule has 0 spiro atoms. The second-order valence-electron chi connectivity index (χ2n) is 9.39. The third kappa shape index (κ3) is 5.18. The standard InChI is InChI=1S/C24H32IN7O/c25-16-6-11-20(33)15(12-16)13-27-22-21-23(32(14-28-21)19-4-2-1-3-5-19)31-24(30-22)29-18-9-7-17(26)8-10-18/h6,11-12,14,17-19,33H,1-5,7-10,13,26H2,(H2,27,29,30,31). The van der Waals surface area contributed by atoms with Crippen molar-refractivity contribution in [2.75, 3.05) is 10.6 Å². The molecule has 0 atom stereocenters. The Morgan fingerprint density at radius 3 is 2.64 bits per heavy atom. The fourth-order valence-corrected chi connectivity index (χ4v) is 5.61. The van der Waals surface area contributed by atoms with Gasteiger partial charge in [-0.15, -0.1) is 0 Å². The average Bonchev–Trinajstić information content (AvgIpc) is 3.26. The number of fused-ring (bicyclic) bond motifs is 1. The van der Waals surface area contributed by atoms with Crippen molar-refractivity contribution in [3.8, 4) is 5.75 Å². The first kappa shape index (κ1) is 22.6. The predicted molar refractivity (Wildman–Crippen MR) is 139 cm³/mol. The van der Waals surface area contributed by atoms with Gasteiger partial charge in [0, 0.05) is 33.8 Å². The van der Waals surface area contributed by atoms with Gasteiger partial charge in [-0.05, 0) is 79.3 Å². The molecule has 2 fully saturated rings. The van der Waals surface area contributed by atoms with Crippen molar-refractivity contribution >= 4 is 45.5 Å². The van der Waals surface area contributed by atoms with E-state index < -0.39 is 0 Å². The van der Waals surface area contributed by atoms with Crippen LogP contribution in [0.2, 0.25) is 0 Å². The summed E-state index contributed by atoms with van der Waals surface area (Å²) in [6.07, 6.45) is 12.2. The molecule has 5 N–H and O–H groups in total. The zero-order valence-corrected chi connectivity index (χ0v) is 21.0. The zero-order chi connectivity index (χ0) is 22.8. The molecule has 8 nitrogen and oxygen atoms in total. The summed E-state index contributed by atoms with van der Waals surface area (Å²) in [5, 5.41) is 17.3. The van der Waals surface area contributed by atoms with E-state index in [0.717, 1.165) is 58.8 Å². The van der Waals surface area contributed by atoms with Crippen LogP contribution in [0.25, 0.3) is 11.2 Å². The van der Waals surface area contributed by atoms with Crippen LogP contribution in [0.5, 0.6) is 5.75 Å². The zero-order valence-electron chi connectivity index (χ0n) is 18.8. The lowest BCUT2D eigenvalue weighted by Crippen LogP contribution is -2.33. The SMILES string of the molecule is NC1CCC(Nc2nc(NCc3cc(I)ccc3O)c3ncn(C4CCCCC4)c3n2)CC1. The molecule has 2 heterocycles. The summed E-state index contributed by atoms with van der Waals surface area (Å²) < 4.78 is 3.32. The molecule has 2 aliphatic rings. The van der Waals surface area contributed by atoms with Gasteiger partial charge in [-0.2, -0.15) is 9.97 Å². The molecule has 1 aromatic carbocycles. The molecule has 0 aliphatic heterocycles. The van der Waals surface area contributed by atoms with Gasteiger partial charge in [-0.25, -0.2) is 4.98 Å². The summed E-state index contributed by atoms with van der Waals surface area (Å²) >= 11 is 2.26. The molecule has 5 rings (SSSR count). The number of rotatable bonds is 6. The van der Waals surface area contributed by atoms with Crippen LogP contribution in [0.3, 0.4) is 0 Å². The Labute approximate surface area is 207 Å². The lowest BCUT2D eigenvalue weighted by atomic mass is 9.92. The molecular formula is C24H32IN7O. The van der Waals surface area contributed by atoms with E-state index in [1.54, 1.807) is 6.07 Å². The average molecular weight is 561 g/mol. The molecule has 9 heteroatoms. The number of aromatic hydroxyl groups is 1. The van der Waals surface area contributed by atoms with Crippen molar-refractivity contribution < 1.29 is 5.11 Å². The lowest BCUT2D eigenvalue weighted by molar-refractivity contribution is 0.358. The Morgan fingerprint density at radius 2 is 1.85 bits per heavy atom. The molecule has 0 unspecified atom stereocenters. The Balaban J connectivity index is 1.46. The van der Waals surface area contributed by atoms with Crippen LogP contribution in [-0.2, 0) is 6.54 Å². The first-order valence-corrected chi connectivity index (χ1v) is 13.1. The normalized spacial score (nSPS) is 21.9. The van der Waals surface area contributed by atoms with E-state index in [-0.39, 0.29) is 5.75 Å². The topological polar surface area (TPSA) is 114 Å². The minimum absolute atomic E-state index is 0.276. The van der Waals surface area contributed by atoms with E-state index in [9.17, 15) is 5.11 Å². The van der Waals surface area contributed by atoms with Crippen LogP contribution in [0.15, 0.2) is 24.5 Å². The summed E-state index contributed by atoms with van der Waals surface area (Å²) in [6, 6.07) is 6.68. The van der Waals surface area contributed by atoms with Gasteiger partial charge in [-0.1, -0.05) is 19.3 Å². The third-order valence-electron chi connectivity index (χ3n) is 6.98. The Morgan fingerprint density at radius 1 is 1.06 bits per heavy atom. The molecule has 2 aliphatic carbocycles. The molecular weight excluding hydrogens is 529 g/mol. The molecule has 0 amide bonds. The van der Waals surface area contributed by atoms with Crippen LogP contribution in [0.1, 0.15) is 69.4 Å². The quantitative estimate of drug-likeness (QED) is 0.316. The van der Waals surface area contributed by atoms with E-state index in [1.807, 2.05) is 18.5 Å². The van der Waals surface area contributed by atoms with E-state index >= 15 is 0 Å². The maximum absolute atomic E-state index is 10.3. The number of benzene rings is 1. The van der Waals surface area contributed by atoms with E-state index in [2.05, 4.69) is 37.8 Å². The summed E-state index contributed by atoms with van der Waals surface area (Å²) in [7, 11) is 0. The first-order chi connectivity index (χ1) is 16.1. The summed E-state index contributed by atoms with van der Waals surface area (Å²) in [6.45, 7) is 0.461. The molecule has 33 heavy (non-hydrogen) atoms. The van der Waals surface area contributed by atoms with E-state index in [1.165, 1.54) is 19.3 Å². The van der Waals surface area contributed by atoms with Crippen molar-refractivity contribution in [1.29, 1.82) is 0 Å². The van der Waals surface area contributed by atoms with Crippen LogP contribution in [0, 0.1) is 3.57 Å². The minimum atomic E-state index is 0.276. The summed E-state index contributed by atoms with van der Waals surface area (Å²) in [4.78, 5) is 14.5. The molecule has 2 aromatic heterocycles. The van der Waals surface area contributed by atoms with Gasteiger partial charge in [0.1, 0.15) is 5.75 Å². The van der Waals surface area contributed by atoms with Crippen molar-refractivity contribution in [3.05, 3.63) is 33.7 Å². The number of halogens is 1. The maximum Gasteiger partial charge on any atom is 0.227 e. The van der Waals surface area contributed by atoms with Gasteiger partial charge < -0.3 is 26.0 Å². The number of imidazole rings is 1. The highest BCUT2D eigenvalue weighted by molar-refractivity contribution is 14.1. The number of nitrogens with two attached hydrogens (primary N) is 1. The highest BCUT2D eigenvalue weighted by Crippen LogP contribution is 2.33. The van der Waals surface area contributed by atoms with E-state index in [0.29, 0.717) is 36.4 Å². The monoisotopic (exact) mass is 561 g/mol. The van der Waals surface area contributed by atoms with Gasteiger partial charge in [0.2, 0.25) is 5.95 Å². The number of anilines is 2. The molecule has 176 valence electrons. The third-order valence-corrected chi connectivity index (χ3v) is 7.65. The number of nitrogens with zero attached hydrogens (tertiary/aromatic N) is 4. The highest BCUT2D eigenvalue weighted by atomic mass is 127. The van der Waals surface area contributed by atoms with Crippen molar-refractivity contribution in [2.24, 2.45) is 5.73 Å². The van der Waals surface area contributed by atoms with Crippen molar-refractivity contribution in [2.45, 2.75) is 82.5 Å². The fraction of sp³-hybridized carbons (Fsp3) is 0.542. The highest BCUT2D eigenvalue weighted by Gasteiger charge is 2.23. The Hall–Kier alpha value is -2.14. The van der Waals surface area contributed by atoms with Gasteiger partial charge in [0.25, 0.3) is 0 Å². The summed E-state index contributed by atoms with van der Waals surface area (Å²) in [5.41, 5.74) is 8.58. The molecule has 3 aromatic rings. The number of nitrogens with one attached hydrogen (secondary N) is 2. The summed E-state index contributed by atoms with van der Waals surface area (Å²) in [5.74, 6) is 1.61. The van der Waals surface area contributed by atoms with Crippen LogP contribution in [-0.4, -0.2) is 36.7 Å². The number of hydrogen-bond acceptors (Lipinski definition) is 7. The largest absolute Gasteiger partial charge is 0.508 e. The van der Waals surface area contributed by atoms with Crippen molar-refractivity contribution in [1.82, 2.24) is 19.5 Å². The van der Waals surface area contributed by atoms with Crippen LogP contribution >= 0.6 is 22.6 Å². The van der Waals surface area contributed by atoms with Gasteiger partial charge in [0.15, 0.2) is 17.0 Å². The molecule has 0 bridgehead atoms. The molecule has 2 saturated carbocycles. The van der Waals surface area contributed by atoms with Crippen LogP contribution in [0.4, 0.5) is 11.8 Å². The Kier molecular flexibility index (Phi) is 6.86. The second-order valence-corrected chi connectivity index (χ2v) is 10.6. The van der Waals surface area contributed by atoms with E-state index in [4.69, 9.17) is 20.7 Å². The first-order valence-electron chi connectivity index (χ1n) is 12.0. The number of hydrogen-bond donors (Lipinski definition) is 4. The maximum atomic E-state index is 10.3. The van der Waals surface area contributed by atoms with Crippen LogP contribution < -0.4 is 16.4 Å². The van der Waals surface area contributed by atoms with Gasteiger partial charge in [-0.3, -0.25) is 0 Å². The second kappa shape index (κ2) is 10.0. The fourth-order valence-electron chi connectivity index (χ4n) is 5.05. The lowest BCUT2D eigenvalue weighted by Gasteiger charge is -2.27. The number of phenols is 1. The molecule has 0 saturated heterocycles. The van der Waals surface area contributed by atoms with Gasteiger partial charge >= 0.3 is 0 Å². The number of phenolic OH excluding ortho intramolecular Hbond substituents is 1. The Bertz CT molecular complexity index is 1100. The predicted octanol–water partition coefficient (Wildman–Crippen LogP) is 4.94. The minimum Gasteiger partial charge on any atom is -0.508 e.